The SMILES string of the molecule is [2H]C(=CC=O)NO. The van der Waals surface area contributed by atoms with Crippen LogP contribution in [0.3, 0.4) is 0 Å². The second kappa shape index (κ2) is 4.17. The number of rotatable bonds is 2. The zero-order chi connectivity index (χ0) is 5.70. The van der Waals surface area contributed by atoms with E-state index in [9.17, 15) is 4.79 Å². The molecule has 3 nitrogen and oxygen atoms in total. The van der Waals surface area contributed by atoms with Crippen molar-refractivity contribution in [2.24, 2.45) is 0 Å². The maximum absolute atomic E-state index is 9.43. The average molecular weight is 88.1 g/mol. The number of aldehydes is 1. The van der Waals surface area contributed by atoms with E-state index in [1.807, 2.05) is 0 Å². The predicted molar refractivity (Wildman–Crippen MR) is 20.1 cm³/mol. The highest BCUT2D eigenvalue weighted by molar-refractivity contribution is 5.64. The molecule has 3 heteroatoms. The second-order valence-electron chi connectivity index (χ2n) is 0.559. The molecular formula is C3H5NO2. The fourth-order valence-corrected chi connectivity index (χ4v) is 0.0713. The number of allylic oxidation sites excluding steroid dienone is 1. The molecule has 0 saturated carbocycles. The van der Waals surface area contributed by atoms with Crippen molar-refractivity contribution in [1.82, 2.24) is 5.48 Å². The summed E-state index contributed by atoms with van der Waals surface area (Å²) in [5.74, 6) is 0. The number of hydrogen-bond donors (Lipinski definition) is 2. The quantitative estimate of drug-likeness (QED) is 0.276. The Balaban J connectivity index is 3.49. The minimum Gasteiger partial charge on any atom is -0.299 e. The molecule has 0 aliphatic carbocycles. The molecule has 6 heavy (non-hydrogen) atoms. The normalized spacial score (nSPS) is 12.8. The van der Waals surface area contributed by atoms with Gasteiger partial charge in [-0.1, -0.05) is 0 Å². The Bertz CT molecular complexity index is 90.9. The van der Waals surface area contributed by atoms with Crippen LogP contribution in [0.1, 0.15) is 1.37 Å². The van der Waals surface area contributed by atoms with Crippen molar-refractivity contribution in [2.45, 2.75) is 0 Å². The lowest BCUT2D eigenvalue weighted by molar-refractivity contribution is -0.104. The maximum atomic E-state index is 9.43. The molecule has 0 heterocycles. The zero-order valence-corrected chi connectivity index (χ0v) is 3.01. The number of carbonyl (C=O) groups is 1. The molecule has 0 aromatic rings. The van der Waals surface area contributed by atoms with E-state index in [1.165, 1.54) is 5.48 Å². The summed E-state index contributed by atoms with van der Waals surface area (Å²) >= 11 is 0. The Morgan fingerprint density at radius 3 is 2.83 bits per heavy atom. The molecule has 0 saturated heterocycles. The smallest absolute Gasteiger partial charge is 0.144 e. The molecule has 2 N–H and O–H groups in total. The molecule has 0 atom stereocenters. The predicted octanol–water partition coefficient (Wildman–Crippen LogP) is -0.322. The summed E-state index contributed by atoms with van der Waals surface area (Å²) < 4.78 is 6.49. The van der Waals surface area contributed by atoms with Crippen molar-refractivity contribution < 1.29 is 11.4 Å². The highest BCUT2D eigenvalue weighted by atomic mass is 16.5. The van der Waals surface area contributed by atoms with Crippen LogP contribution in [0.4, 0.5) is 0 Å². The first kappa shape index (κ1) is 3.36. The molecule has 0 spiro atoms. The van der Waals surface area contributed by atoms with E-state index in [0.717, 1.165) is 6.08 Å². The van der Waals surface area contributed by atoms with Crippen molar-refractivity contribution in [3.63, 3.8) is 0 Å². The van der Waals surface area contributed by atoms with Gasteiger partial charge in [0, 0.05) is 6.18 Å². The van der Waals surface area contributed by atoms with Crippen LogP contribution in [0, 0.1) is 0 Å². The lowest BCUT2D eigenvalue weighted by Crippen LogP contribution is -1.91. The Labute approximate surface area is 36.6 Å². The minimum absolute atomic E-state index is 0.310. The molecule has 0 radical (unpaired) electrons. The van der Waals surface area contributed by atoms with Crippen LogP contribution in [0.2, 0.25) is 0 Å². The summed E-state index contributed by atoms with van der Waals surface area (Å²) in [7, 11) is 0. The van der Waals surface area contributed by atoms with Gasteiger partial charge in [-0.3, -0.25) is 15.5 Å². The average Bonchev–Trinajstić information content (AvgIpc) is 1.68. The summed E-state index contributed by atoms with van der Waals surface area (Å²) in [4.78, 5) is 9.43. The zero-order valence-electron chi connectivity index (χ0n) is 4.01. The molecule has 34 valence electrons. The van der Waals surface area contributed by atoms with Gasteiger partial charge in [-0.05, 0) is 6.08 Å². The fraction of sp³-hybridized carbons (Fsp3) is 0. The van der Waals surface area contributed by atoms with E-state index < -0.39 is 0 Å². The highest BCUT2D eigenvalue weighted by Gasteiger charge is 1.55. The third-order valence-electron chi connectivity index (χ3n) is 0.216. The van der Waals surface area contributed by atoms with Crippen molar-refractivity contribution in [1.29, 1.82) is 0 Å². The van der Waals surface area contributed by atoms with Crippen LogP contribution in [0.5, 0.6) is 0 Å². The minimum atomic E-state index is -0.310. The highest BCUT2D eigenvalue weighted by Crippen LogP contribution is 1.51. The summed E-state index contributed by atoms with van der Waals surface area (Å²) in [6.07, 6.45) is 0.987. The fourth-order valence-electron chi connectivity index (χ4n) is 0.0713. The largest absolute Gasteiger partial charge is 0.299 e. The van der Waals surface area contributed by atoms with Gasteiger partial charge in [-0.15, -0.1) is 0 Å². The third-order valence-corrected chi connectivity index (χ3v) is 0.216. The van der Waals surface area contributed by atoms with Gasteiger partial charge >= 0.3 is 0 Å². The maximum Gasteiger partial charge on any atom is 0.144 e. The summed E-state index contributed by atoms with van der Waals surface area (Å²) in [5.41, 5.74) is 1.46. The van der Waals surface area contributed by atoms with Crippen molar-refractivity contribution in [3.05, 3.63) is 12.3 Å². The van der Waals surface area contributed by atoms with Gasteiger partial charge in [0.2, 0.25) is 0 Å². The Kier molecular flexibility index (Phi) is 2.34. The van der Waals surface area contributed by atoms with Gasteiger partial charge in [-0.2, -0.15) is 0 Å². The lowest BCUT2D eigenvalue weighted by Gasteiger charge is -1.74. The van der Waals surface area contributed by atoms with Crippen molar-refractivity contribution in [3.8, 4) is 0 Å². The topological polar surface area (TPSA) is 49.3 Å². The van der Waals surface area contributed by atoms with Crippen molar-refractivity contribution in [2.75, 3.05) is 0 Å². The molecular weight excluding hydrogens is 82.0 g/mol. The molecule has 0 bridgehead atoms. The molecule has 0 fully saturated rings. The molecule has 0 aromatic heterocycles. The first-order valence-electron chi connectivity index (χ1n) is 1.83. The van der Waals surface area contributed by atoms with Crippen molar-refractivity contribution >= 4 is 6.29 Å². The number of nitrogens with one attached hydrogen (secondary N) is 1. The van der Waals surface area contributed by atoms with Crippen LogP contribution < -0.4 is 5.48 Å². The van der Waals surface area contributed by atoms with Gasteiger partial charge in [0.1, 0.15) is 6.29 Å². The van der Waals surface area contributed by atoms with Crippen LogP contribution in [0.15, 0.2) is 12.3 Å². The van der Waals surface area contributed by atoms with Crippen LogP contribution in [-0.4, -0.2) is 11.5 Å². The van der Waals surface area contributed by atoms with Crippen LogP contribution in [0.25, 0.3) is 0 Å². The third kappa shape index (κ3) is 3.17. The summed E-state index contributed by atoms with van der Waals surface area (Å²) in [6, 6.07) is 0. The molecule has 0 aliphatic heterocycles. The summed E-state index contributed by atoms with van der Waals surface area (Å²) in [6.45, 7) is 0. The van der Waals surface area contributed by atoms with Gasteiger partial charge in [-0.25, -0.2) is 0 Å². The van der Waals surface area contributed by atoms with E-state index in [1.54, 1.807) is 0 Å². The summed E-state index contributed by atoms with van der Waals surface area (Å²) in [5, 5.41) is 7.80. The first-order chi connectivity index (χ1) is 3.31. The van der Waals surface area contributed by atoms with Gasteiger partial charge in [0.15, 0.2) is 0 Å². The number of hydroxylamine groups is 1. The van der Waals surface area contributed by atoms with E-state index in [2.05, 4.69) is 0 Å². The Hall–Kier alpha value is -0.830. The number of carbonyl (C=O) groups excluding carboxylic acids is 1. The Morgan fingerprint density at radius 1 is 2.00 bits per heavy atom. The Morgan fingerprint density at radius 2 is 2.67 bits per heavy atom. The monoisotopic (exact) mass is 88.0 g/mol. The molecule has 0 aromatic carbocycles. The second-order valence-corrected chi connectivity index (χ2v) is 0.559. The standard InChI is InChI=1S/C3H5NO2/c5-3-1-2-4-6/h1-4,6H/i2D. The molecule has 0 aliphatic rings. The number of hydrogen-bond acceptors (Lipinski definition) is 3. The van der Waals surface area contributed by atoms with Gasteiger partial charge < -0.3 is 0 Å². The van der Waals surface area contributed by atoms with Gasteiger partial charge in [0.05, 0.1) is 1.37 Å². The molecule has 0 rings (SSSR count). The molecule has 0 unspecified atom stereocenters. The van der Waals surface area contributed by atoms with E-state index in [0.29, 0.717) is 6.29 Å². The van der Waals surface area contributed by atoms with Crippen LogP contribution >= 0.6 is 0 Å². The van der Waals surface area contributed by atoms with E-state index >= 15 is 0 Å². The van der Waals surface area contributed by atoms with E-state index in [-0.39, 0.29) is 6.18 Å². The van der Waals surface area contributed by atoms with E-state index in [4.69, 9.17) is 6.58 Å². The first-order valence-corrected chi connectivity index (χ1v) is 1.33. The van der Waals surface area contributed by atoms with Crippen LogP contribution in [-0.2, 0) is 4.79 Å². The lowest BCUT2D eigenvalue weighted by atomic mass is 10.7. The molecule has 0 amide bonds. The van der Waals surface area contributed by atoms with Gasteiger partial charge in [0.25, 0.3) is 0 Å².